The lowest BCUT2D eigenvalue weighted by Crippen LogP contribution is -2.35. The number of hydrogen-bond donors (Lipinski definition) is 1. The van der Waals surface area contributed by atoms with Crippen LogP contribution in [0.5, 0.6) is 0 Å². The summed E-state index contributed by atoms with van der Waals surface area (Å²) in [4.78, 5) is 15.9. The van der Waals surface area contributed by atoms with Gasteiger partial charge in [0.2, 0.25) is 0 Å². The summed E-state index contributed by atoms with van der Waals surface area (Å²) in [7, 11) is 0. The van der Waals surface area contributed by atoms with E-state index in [1.807, 2.05) is 36.4 Å². The van der Waals surface area contributed by atoms with Crippen LogP contribution in [-0.2, 0) is 11.3 Å². The first-order valence-corrected chi connectivity index (χ1v) is 10.5. The maximum absolute atomic E-state index is 5.44. The standard InChI is InChI=1S/C22H21N5OS/c1-2-4-17(5-3-1)19-13-21(24-15-23-19)26-22-25-18-7-6-16(12-20(18)29-22)14-27-8-10-28-11-9-27/h1-7,12-13,15H,8-11,14H2,(H,23,24,25,26). The number of ether oxygens (including phenoxy) is 1. The molecule has 0 unspecified atom stereocenters. The van der Waals surface area contributed by atoms with Crippen LogP contribution in [0.1, 0.15) is 5.56 Å². The average Bonchev–Trinajstić information content (AvgIpc) is 3.17. The van der Waals surface area contributed by atoms with E-state index in [1.165, 1.54) is 10.3 Å². The zero-order chi connectivity index (χ0) is 19.5. The number of nitrogens with one attached hydrogen (secondary N) is 1. The fraction of sp³-hybridized carbons (Fsp3) is 0.227. The van der Waals surface area contributed by atoms with E-state index < -0.39 is 0 Å². The molecule has 0 amide bonds. The summed E-state index contributed by atoms with van der Waals surface area (Å²) >= 11 is 1.64. The second-order valence-electron chi connectivity index (χ2n) is 6.99. The van der Waals surface area contributed by atoms with Crippen molar-refractivity contribution < 1.29 is 4.74 Å². The van der Waals surface area contributed by atoms with Crippen LogP contribution in [0, 0.1) is 0 Å². The molecule has 29 heavy (non-hydrogen) atoms. The number of rotatable bonds is 5. The third-order valence-corrected chi connectivity index (χ3v) is 5.87. The smallest absolute Gasteiger partial charge is 0.189 e. The molecule has 2 aromatic carbocycles. The van der Waals surface area contributed by atoms with E-state index in [0.717, 1.165) is 60.6 Å². The second kappa shape index (κ2) is 8.24. The highest BCUT2D eigenvalue weighted by atomic mass is 32.1. The van der Waals surface area contributed by atoms with Gasteiger partial charge in [0.05, 0.1) is 29.1 Å². The van der Waals surface area contributed by atoms with Crippen molar-refractivity contribution >= 4 is 32.5 Å². The molecular formula is C22H21N5OS. The van der Waals surface area contributed by atoms with E-state index in [9.17, 15) is 0 Å². The van der Waals surface area contributed by atoms with Gasteiger partial charge in [-0.1, -0.05) is 47.7 Å². The summed E-state index contributed by atoms with van der Waals surface area (Å²) in [6, 6.07) is 18.5. The van der Waals surface area contributed by atoms with Crippen molar-refractivity contribution in [1.82, 2.24) is 19.9 Å². The number of morpholine rings is 1. The zero-order valence-corrected chi connectivity index (χ0v) is 16.7. The van der Waals surface area contributed by atoms with Crippen LogP contribution in [-0.4, -0.2) is 46.2 Å². The zero-order valence-electron chi connectivity index (χ0n) is 15.9. The average molecular weight is 404 g/mol. The van der Waals surface area contributed by atoms with Crippen molar-refractivity contribution in [2.24, 2.45) is 0 Å². The molecule has 0 atom stereocenters. The predicted octanol–water partition coefficient (Wildman–Crippen LogP) is 4.33. The van der Waals surface area contributed by atoms with E-state index >= 15 is 0 Å². The van der Waals surface area contributed by atoms with Gasteiger partial charge in [-0.15, -0.1) is 0 Å². The molecule has 0 bridgehead atoms. The van der Waals surface area contributed by atoms with Gasteiger partial charge in [-0.3, -0.25) is 4.90 Å². The lowest BCUT2D eigenvalue weighted by Gasteiger charge is -2.26. The molecule has 1 fully saturated rings. The normalized spacial score (nSPS) is 14.9. The first kappa shape index (κ1) is 18.2. The van der Waals surface area contributed by atoms with Gasteiger partial charge in [0.25, 0.3) is 0 Å². The van der Waals surface area contributed by atoms with Crippen LogP contribution in [0.15, 0.2) is 60.9 Å². The van der Waals surface area contributed by atoms with Gasteiger partial charge in [0.1, 0.15) is 12.1 Å². The maximum Gasteiger partial charge on any atom is 0.189 e. The Labute approximate surface area is 173 Å². The van der Waals surface area contributed by atoms with Crippen LogP contribution < -0.4 is 5.32 Å². The lowest BCUT2D eigenvalue weighted by molar-refractivity contribution is 0.0342. The molecule has 5 rings (SSSR count). The Bertz CT molecular complexity index is 1110. The molecule has 4 aromatic rings. The van der Waals surface area contributed by atoms with Crippen LogP contribution in [0.25, 0.3) is 21.5 Å². The molecular weight excluding hydrogens is 382 g/mol. The largest absolute Gasteiger partial charge is 0.379 e. The van der Waals surface area contributed by atoms with Gasteiger partial charge in [-0.25, -0.2) is 15.0 Å². The van der Waals surface area contributed by atoms with Gasteiger partial charge < -0.3 is 10.1 Å². The molecule has 146 valence electrons. The molecule has 0 radical (unpaired) electrons. The number of nitrogens with zero attached hydrogens (tertiary/aromatic N) is 4. The highest BCUT2D eigenvalue weighted by molar-refractivity contribution is 7.22. The summed E-state index contributed by atoms with van der Waals surface area (Å²) in [5.41, 5.74) is 4.26. The molecule has 0 saturated carbocycles. The topological polar surface area (TPSA) is 63.2 Å². The second-order valence-corrected chi connectivity index (χ2v) is 8.02. The molecule has 1 N–H and O–H groups in total. The highest BCUT2D eigenvalue weighted by Crippen LogP contribution is 2.29. The molecule has 2 aromatic heterocycles. The summed E-state index contributed by atoms with van der Waals surface area (Å²) in [6.07, 6.45) is 1.58. The third kappa shape index (κ3) is 4.27. The van der Waals surface area contributed by atoms with E-state index in [4.69, 9.17) is 9.72 Å². The van der Waals surface area contributed by atoms with E-state index in [2.05, 4.69) is 38.4 Å². The minimum Gasteiger partial charge on any atom is -0.379 e. The number of thiazole rings is 1. The number of hydrogen-bond acceptors (Lipinski definition) is 7. The van der Waals surface area contributed by atoms with Crippen LogP contribution in [0.2, 0.25) is 0 Å². The Morgan fingerprint density at radius 1 is 1.00 bits per heavy atom. The number of anilines is 2. The number of benzene rings is 2. The van der Waals surface area contributed by atoms with Crippen molar-refractivity contribution in [3.8, 4) is 11.3 Å². The molecule has 3 heterocycles. The SMILES string of the molecule is c1ccc(-c2cc(Nc3nc4ccc(CN5CCOCC5)cc4s3)ncn2)cc1. The van der Waals surface area contributed by atoms with E-state index in [-0.39, 0.29) is 0 Å². The van der Waals surface area contributed by atoms with Gasteiger partial charge in [0, 0.05) is 31.3 Å². The lowest BCUT2D eigenvalue weighted by atomic mass is 10.1. The maximum atomic E-state index is 5.44. The Morgan fingerprint density at radius 3 is 2.72 bits per heavy atom. The fourth-order valence-electron chi connectivity index (χ4n) is 3.44. The van der Waals surface area contributed by atoms with Gasteiger partial charge >= 0.3 is 0 Å². The summed E-state index contributed by atoms with van der Waals surface area (Å²) in [5, 5.41) is 4.17. The highest BCUT2D eigenvalue weighted by Gasteiger charge is 2.12. The third-order valence-electron chi connectivity index (χ3n) is 4.93. The van der Waals surface area contributed by atoms with Crippen molar-refractivity contribution in [1.29, 1.82) is 0 Å². The van der Waals surface area contributed by atoms with Crippen molar-refractivity contribution in [3.05, 3.63) is 66.5 Å². The Balaban J connectivity index is 1.34. The molecule has 0 spiro atoms. The van der Waals surface area contributed by atoms with Crippen LogP contribution >= 0.6 is 11.3 Å². The fourth-order valence-corrected chi connectivity index (χ4v) is 4.38. The van der Waals surface area contributed by atoms with Crippen molar-refractivity contribution in [2.75, 3.05) is 31.6 Å². The molecule has 1 saturated heterocycles. The van der Waals surface area contributed by atoms with Gasteiger partial charge in [0.15, 0.2) is 5.13 Å². The molecule has 1 aliphatic rings. The minimum atomic E-state index is 0.742. The van der Waals surface area contributed by atoms with Crippen LogP contribution in [0.4, 0.5) is 10.9 Å². The van der Waals surface area contributed by atoms with E-state index in [1.54, 1.807) is 17.7 Å². The molecule has 7 heteroatoms. The summed E-state index contributed by atoms with van der Waals surface area (Å²) < 4.78 is 6.61. The summed E-state index contributed by atoms with van der Waals surface area (Å²) in [6.45, 7) is 4.57. The van der Waals surface area contributed by atoms with Gasteiger partial charge in [-0.2, -0.15) is 0 Å². The first-order chi connectivity index (χ1) is 14.3. The quantitative estimate of drug-likeness (QED) is 0.535. The predicted molar refractivity (Wildman–Crippen MR) is 116 cm³/mol. The number of fused-ring (bicyclic) bond motifs is 1. The van der Waals surface area contributed by atoms with Crippen molar-refractivity contribution in [2.45, 2.75) is 6.54 Å². The minimum absolute atomic E-state index is 0.742. The van der Waals surface area contributed by atoms with E-state index in [0.29, 0.717) is 0 Å². The van der Waals surface area contributed by atoms with Crippen molar-refractivity contribution in [3.63, 3.8) is 0 Å². The summed E-state index contributed by atoms with van der Waals surface area (Å²) in [5.74, 6) is 0.742. The Morgan fingerprint density at radius 2 is 1.86 bits per heavy atom. The molecule has 1 aliphatic heterocycles. The Hall–Kier alpha value is -2.87. The molecule has 6 nitrogen and oxygen atoms in total. The van der Waals surface area contributed by atoms with Crippen LogP contribution in [0.3, 0.4) is 0 Å². The number of aromatic nitrogens is 3. The molecule has 0 aliphatic carbocycles. The first-order valence-electron chi connectivity index (χ1n) is 9.67. The Kier molecular flexibility index (Phi) is 5.17. The van der Waals surface area contributed by atoms with Gasteiger partial charge in [-0.05, 0) is 17.7 Å². The monoisotopic (exact) mass is 403 g/mol.